The van der Waals surface area contributed by atoms with Gasteiger partial charge in [0.15, 0.2) is 6.29 Å². The van der Waals surface area contributed by atoms with Crippen LogP contribution in [-0.4, -0.2) is 35.2 Å². The Kier molecular flexibility index (Phi) is 6.56. The molecule has 0 radical (unpaired) electrons. The van der Waals surface area contributed by atoms with E-state index < -0.39 is 28.3 Å². The fraction of sp³-hybridized carbons (Fsp3) is 0.368. The molecule has 1 aromatic carbocycles. The molecule has 1 unspecified atom stereocenters. The molecule has 0 fully saturated rings. The molecule has 2 heterocycles. The number of nitrogens with one attached hydrogen (secondary N) is 2. The Labute approximate surface area is 184 Å². The summed E-state index contributed by atoms with van der Waals surface area (Å²) in [6, 6.07) is 1.58. The Morgan fingerprint density at radius 2 is 1.97 bits per heavy atom. The predicted molar refractivity (Wildman–Crippen MR) is 107 cm³/mol. The molecule has 7 nitrogen and oxygen atoms in total. The van der Waals surface area contributed by atoms with Crippen molar-refractivity contribution in [2.75, 3.05) is 7.05 Å². The molecular formula is C19H18ClF3N4O3S. The average molecular weight is 475 g/mol. The lowest BCUT2D eigenvalue weighted by Gasteiger charge is -2.27. The van der Waals surface area contributed by atoms with Crippen LogP contribution in [0.2, 0.25) is 5.02 Å². The molecule has 3 amide bonds. The maximum Gasteiger partial charge on any atom is 0.417 e. The fourth-order valence-electron chi connectivity index (χ4n) is 3.35. The molecule has 0 saturated carbocycles. The SMILES string of the molecule is CNC(=O)NC(C=O)(CCC(=O)N1Cc2cc(Cl)c(C(F)(F)F)cc2C1)c1nccs1. The van der Waals surface area contributed by atoms with E-state index in [0.29, 0.717) is 22.4 Å². The first-order chi connectivity index (χ1) is 14.6. The predicted octanol–water partition coefficient (Wildman–Crippen LogP) is 3.46. The summed E-state index contributed by atoms with van der Waals surface area (Å²) in [5, 5.41) is 6.45. The summed E-state index contributed by atoms with van der Waals surface area (Å²) in [5.41, 5.74) is -1.53. The van der Waals surface area contributed by atoms with E-state index in [9.17, 15) is 27.6 Å². The largest absolute Gasteiger partial charge is 0.417 e. The molecule has 166 valence electrons. The van der Waals surface area contributed by atoms with Gasteiger partial charge in [-0.2, -0.15) is 13.2 Å². The van der Waals surface area contributed by atoms with E-state index in [2.05, 4.69) is 15.6 Å². The molecule has 0 aliphatic carbocycles. The number of aldehydes is 1. The van der Waals surface area contributed by atoms with Gasteiger partial charge in [0.25, 0.3) is 0 Å². The smallest absolute Gasteiger partial charge is 0.341 e. The van der Waals surface area contributed by atoms with Gasteiger partial charge in [0.1, 0.15) is 10.5 Å². The van der Waals surface area contributed by atoms with Crippen molar-refractivity contribution in [3.8, 4) is 0 Å². The highest BCUT2D eigenvalue weighted by atomic mass is 35.5. The van der Waals surface area contributed by atoms with E-state index in [1.807, 2.05) is 0 Å². The normalized spacial score (nSPS) is 15.2. The number of aromatic nitrogens is 1. The molecule has 0 spiro atoms. The Morgan fingerprint density at radius 1 is 1.29 bits per heavy atom. The van der Waals surface area contributed by atoms with Crippen LogP contribution in [0.15, 0.2) is 23.7 Å². The number of hydrogen-bond acceptors (Lipinski definition) is 5. The summed E-state index contributed by atoms with van der Waals surface area (Å²) in [6.07, 6.45) is -2.77. The highest BCUT2D eigenvalue weighted by molar-refractivity contribution is 7.09. The van der Waals surface area contributed by atoms with Gasteiger partial charge in [-0.05, 0) is 29.7 Å². The van der Waals surface area contributed by atoms with Crippen molar-refractivity contribution in [3.05, 3.63) is 50.4 Å². The van der Waals surface area contributed by atoms with Crippen LogP contribution in [0.5, 0.6) is 0 Å². The standard InChI is InChI=1S/C19H18ClF3N4O3S/c1-24-17(30)26-18(10-28,16-25-4-5-31-16)3-2-15(29)27-8-11-6-13(19(21,22)23)14(20)7-12(11)9-27/h4-7,10H,2-3,8-9H2,1H3,(H2,24,26,30). The molecule has 2 N–H and O–H groups in total. The minimum absolute atomic E-state index is 0.00261. The fourth-order valence-corrected chi connectivity index (χ4v) is 4.42. The first-order valence-corrected chi connectivity index (χ1v) is 10.4. The lowest BCUT2D eigenvalue weighted by atomic mass is 9.95. The van der Waals surface area contributed by atoms with Crippen LogP contribution in [0.3, 0.4) is 0 Å². The number of carbonyl (C=O) groups is 3. The second-order valence-electron chi connectivity index (χ2n) is 6.98. The first kappa shape index (κ1) is 23.0. The molecule has 3 rings (SSSR count). The van der Waals surface area contributed by atoms with Gasteiger partial charge in [-0.1, -0.05) is 11.6 Å². The van der Waals surface area contributed by atoms with Crippen LogP contribution in [0.1, 0.15) is 34.5 Å². The van der Waals surface area contributed by atoms with Crippen LogP contribution in [0.4, 0.5) is 18.0 Å². The third kappa shape index (κ3) is 4.82. The van der Waals surface area contributed by atoms with E-state index >= 15 is 0 Å². The number of nitrogens with zero attached hydrogens (tertiary/aromatic N) is 2. The maximum absolute atomic E-state index is 13.1. The molecule has 1 aliphatic heterocycles. The van der Waals surface area contributed by atoms with E-state index in [0.717, 1.165) is 17.4 Å². The number of benzene rings is 1. The van der Waals surface area contributed by atoms with Gasteiger partial charge < -0.3 is 20.3 Å². The molecule has 1 aromatic heterocycles. The van der Waals surface area contributed by atoms with Crippen LogP contribution in [0.25, 0.3) is 0 Å². The van der Waals surface area contributed by atoms with Crippen LogP contribution < -0.4 is 10.6 Å². The molecule has 1 aliphatic rings. The Hall–Kier alpha value is -2.66. The monoisotopic (exact) mass is 474 g/mol. The quantitative estimate of drug-likeness (QED) is 0.627. The number of urea groups is 1. The summed E-state index contributed by atoms with van der Waals surface area (Å²) in [4.78, 5) is 42.1. The summed E-state index contributed by atoms with van der Waals surface area (Å²) in [6.45, 7) is 0.114. The Balaban J connectivity index is 1.74. The van der Waals surface area contributed by atoms with Crippen molar-refractivity contribution < 1.29 is 27.6 Å². The number of fused-ring (bicyclic) bond motifs is 1. The van der Waals surface area contributed by atoms with Gasteiger partial charge in [-0.3, -0.25) is 4.79 Å². The average Bonchev–Trinajstić information content (AvgIpc) is 3.39. The lowest BCUT2D eigenvalue weighted by Crippen LogP contribution is -2.51. The summed E-state index contributed by atoms with van der Waals surface area (Å²) < 4.78 is 39.3. The minimum Gasteiger partial charge on any atom is -0.341 e. The van der Waals surface area contributed by atoms with E-state index in [4.69, 9.17) is 11.6 Å². The van der Waals surface area contributed by atoms with Gasteiger partial charge in [0.2, 0.25) is 5.91 Å². The summed E-state index contributed by atoms with van der Waals surface area (Å²) in [7, 11) is 1.39. The molecular weight excluding hydrogens is 457 g/mol. The first-order valence-electron chi connectivity index (χ1n) is 9.12. The zero-order valence-corrected chi connectivity index (χ0v) is 17.8. The zero-order chi connectivity index (χ0) is 22.8. The molecule has 2 aromatic rings. The van der Waals surface area contributed by atoms with Crippen LogP contribution in [0, 0.1) is 0 Å². The van der Waals surface area contributed by atoms with Gasteiger partial charge in [-0.25, -0.2) is 9.78 Å². The number of halogens is 4. The Bertz CT molecular complexity index is 1000. The minimum atomic E-state index is -4.59. The van der Waals surface area contributed by atoms with Crippen molar-refractivity contribution in [3.63, 3.8) is 0 Å². The third-order valence-corrected chi connectivity index (χ3v) is 6.25. The second-order valence-corrected chi connectivity index (χ2v) is 8.28. The van der Waals surface area contributed by atoms with Crippen LogP contribution >= 0.6 is 22.9 Å². The molecule has 31 heavy (non-hydrogen) atoms. The molecule has 0 saturated heterocycles. The van der Waals surface area contributed by atoms with Gasteiger partial charge in [0, 0.05) is 38.1 Å². The molecule has 1 atom stereocenters. The van der Waals surface area contributed by atoms with Gasteiger partial charge >= 0.3 is 12.2 Å². The second kappa shape index (κ2) is 8.83. The highest BCUT2D eigenvalue weighted by Crippen LogP contribution is 2.38. The number of hydrogen-bond donors (Lipinski definition) is 2. The topological polar surface area (TPSA) is 91.4 Å². The summed E-state index contributed by atoms with van der Waals surface area (Å²) in [5.74, 6) is -0.373. The van der Waals surface area contributed by atoms with Crippen molar-refractivity contribution in [2.45, 2.75) is 37.6 Å². The number of thiazole rings is 1. The van der Waals surface area contributed by atoms with E-state index in [1.54, 1.807) is 5.38 Å². The summed E-state index contributed by atoms with van der Waals surface area (Å²) >= 11 is 6.92. The number of rotatable bonds is 6. The lowest BCUT2D eigenvalue weighted by molar-refractivity contribution is -0.137. The van der Waals surface area contributed by atoms with E-state index in [1.165, 1.54) is 24.2 Å². The number of carbonyl (C=O) groups excluding carboxylic acids is 3. The van der Waals surface area contributed by atoms with Gasteiger partial charge in [-0.15, -0.1) is 11.3 Å². The van der Waals surface area contributed by atoms with Crippen molar-refractivity contribution in [1.29, 1.82) is 0 Å². The van der Waals surface area contributed by atoms with Crippen molar-refractivity contribution >= 4 is 41.2 Å². The highest BCUT2D eigenvalue weighted by Gasteiger charge is 2.39. The van der Waals surface area contributed by atoms with Crippen LogP contribution in [-0.2, 0) is 34.4 Å². The third-order valence-electron chi connectivity index (χ3n) is 4.98. The van der Waals surface area contributed by atoms with E-state index in [-0.39, 0.29) is 31.8 Å². The molecule has 12 heteroatoms. The van der Waals surface area contributed by atoms with Crippen molar-refractivity contribution in [2.24, 2.45) is 0 Å². The molecule has 0 bridgehead atoms. The zero-order valence-electron chi connectivity index (χ0n) is 16.3. The van der Waals surface area contributed by atoms with Crippen molar-refractivity contribution in [1.82, 2.24) is 20.5 Å². The number of amides is 3. The number of alkyl halides is 3. The Morgan fingerprint density at radius 3 is 2.52 bits per heavy atom. The maximum atomic E-state index is 13.1. The van der Waals surface area contributed by atoms with Gasteiger partial charge in [0.05, 0.1) is 10.6 Å².